The first-order valence-electron chi connectivity index (χ1n) is 7.32. The van der Waals surface area contributed by atoms with E-state index in [0.29, 0.717) is 18.4 Å². The van der Waals surface area contributed by atoms with Crippen molar-refractivity contribution in [3.63, 3.8) is 0 Å². The number of hydrogen-bond acceptors (Lipinski definition) is 2. The maximum atomic E-state index is 12.1. The molecule has 19 heavy (non-hydrogen) atoms. The average Bonchev–Trinajstić information content (AvgIpc) is 2.34. The van der Waals surface area contributed by atoms with Crippen LogP contribution in [0.2, 0.25) is 0 Å². The van der Waals surface area contributed by atoms with Gasteiger partial charge >= 0.3 is 6.18 Å². The van der Waals surface area contributed by atoms with E-state index in [0.717, 1.165) is 25.8 Å². The third-order valence-corrected chi connectivity index (χ3v) is 3.65. The minimum atomic E-state index is -4.21. The molecule has 3 atom stereocenters. The molecular weight excluding hydrogens is 255 g/mol. The van der Waals surface area contributed by atoms with Gasteiger partial charge in [0.2, 0.25) is 0 Å². The lowest BCUT2D eigenvalue weighted by atomic mass is 9.92. The summed E-state index contributed by atoms with van der Waals surface area (Å²) in [5, 5.41) is 3.47. The first-order chi connectivity index (χ1) is 8.90. The Hall–Kier alpha value is -0.290. The second kappa shape index (κ2) is 8.10. The van der Waals surface area contributed by atoms with Crippen LogP contribution in [0.3, 0.4) is 0 Å². The standard InChI is InChI=1S/C14H26F3NO/c1-3-5-11(2)9-18-12-6-4-7-13(8-12)19-10-14(15,16)17/h11-13,18H,3-10H2,1-2H3. The van der Waals surface area contributed by atoms with E-state index in [-0.39, 0.29) is 6.10 Å². The normalized spacial score (nSPS) is 26.4. The molecular formula is C14H26F3NO. The molecule has 0 aromatic heterocycles. The largest absolute Gasteiger partial charge is 0.411 e. The molecule has 5 heteroatoms. The summed E-state index contributed by atoms with van der Waals surface area (Å²) in [4.78, 5) is 0. The Bertz CT molecular complexity index is 245. The Labute approximate surface area is 114 Å². The lowest BCUT2D eigenvalue weighted by Crippen LogP contribution is -2.39. The third kappa shape index (κ3) is 7.78. The minimum Gasteiger partial charge on any atom is -0.369 e. The average molecular weight is 281 g/mol. The molecule has 1 fully saturated rings. The van der Waals surface area contributed by atoms with Crippen LogP contribution in [0.4, 0.5) is 13.2 Å². The quantitative estimate of drug-likeness (QED) is 0.764. The highest BCUT2D eigenvalue weighted by atomic mass is 19.4. The molecule has 0 spiro atoms. The number of nitrogens with one attached hydrogen (secondary N) is 1. The van der Waals surface area contributed by atoms with E-state index in [9.17, 15) is 13.2 Å². The van der Waals surface area contributed by atoms with Gasteiger partial charge in [-0.1, -0.05) is 20.3 Å². The molecule has 114 valence electrons. The Morgan fingerprint density at radius 3 is 2.68 bits per heavy atom. The van der Waals surface area contributed by atoms with E-state index in [4.69, 9.17) is 4.74 Å². The van der Waals surface area contributed by atoms with Crippen molar-refractivity contribution in [2.45, 2.75) is 70.7 Å². The zero-order valence-electron chi connectivity index (χ0n) is 11.9. The summed E-state index contributed by atoms with van der Waals surface area (Å²) in [5.41, 5.74) is 0. The first kappa shape index (κ1) is 16.8. The van der Waals surface area contributed by atoms with Crippen LogP contribution in [0.15, 0.2) is 0 Å². The molecule has 0 aromatic carbocycles. The fourth-order valence-corrected chi connectivity index (χ4v) is 2.66. The van der Waals surface area contributed by atoms with Crippen molar-refractivity contribution in [3.05, 3.63) is 0 Å². The van der Waals surface area contributed by atoms with Gasteiger partial charge in [-0.2, -0.15) is 13.2 Å². The second-order valence-electron chi connectivity index (χ2n) is 5.71. The maximum absolute atomic E-state index is 12.1. The SMILES string of the molecule is CCCC(C)CNC1CCCC(OCC(F)(F)F)C1. The summed E-state index contributed by atoms with van der Waals surface area (Å²) >= 11 is 0. The van der Waals surface area contributed by atoms with E-state index < -0.39 is 12.8 Å². The van der Waals surface area contributed by atoms with Crippen LogP contribution < -0.4 is 5.32 Å². The van der Waals surface area contributed by atoms with Gasteiger partial charge in [0.25, 0.3) is 0 Å². The van der Waals surface area contributed by atoms with Crippen molar-refractivity contribution in [2.75, 3.05) is 13.2 Å². The molecule has 1 aliphatic rings. The minimum absolute atomic E-state index is 0.241. The molecule has 2 nitrogen and oxygen atoms in total. The Balaban J connectivity index is 2.22. The molecule has 1 N–H and O–H groups in total. The van der Waals surface area contributed by atoms with Crippen LogP contribution in [0.25, 0.3) is 0 Å². The van der Waals surface area contributed by atoms with Crippen LogP contribution in [-0.4, -0.2) is 31.5 Å². The molecule has 0 aliphatic heterocycles. The summed E-state index contributed by atoms with van der Waals surface area (Å²) in [5.74, 6) is 0.626. The van der Waals surface area contributed by atoms with E-state index >= 15 is 0 Å². The van der Waals surface area contributed by atoms with Gasteiger partial charge in [0.1, 0.15) is 6.61 Å². The van der Waals surface area contributed by atoms with Gasteiger partial charge in [0.05, 0.1) is 6.10 Å². The van der Waals surface area contributed by atoms with Crippen LogP contribution in [0.5, 0.6) is 0 Å². The molecule has 0 radical (unpaired) electrons. The number of hydrogen-bond donors (Lipinski definition) is 1. The molecule has 0 aromatic rings. The van der Waals surface area contributed by atoms with Crippen LogP contribution >= 0.6 is 0 Å². The highest BCUT2D eigenvalue weighted by molar-refractivity contribution is 4.79. The Kier molecular flexibility index (Phi) is 7.15. The van der Waals surface area contributed by atoms with Gasteiger partial charge in [-0.25, -0.2) is 0 Å². The molecule has 0 saturated heterocycles. The number of ether oxygens (including phenoxy) is 1. The topological polar surface area (TPSA) is 21.3 Å². The summed E-state index contributed by atoms with van der Waals surface area (Å²) in [6.45, 7) is 4.20. The number of alkyl halides is 3. The van der Waals surface area contributed by atoms with Crippen molar-refractivity contribution in [2.24, 2.45) is 5.92 Å². The Morgan fingerprint density at radius 1 is 1.32 bits per heavy atom. The highest BCUT2D eigenvalue weighted by Gasteiger charge is 2.31. The van der Waals surface area contributed by atoms with Gasteiger partial charge < -0.3 is 10.1 Å². The smallest absolute Gasteiger partial charge is 0.369 e. The van der Waals surface area contributed by atoms with Crippen molar-refractivity contribution >= 4 is 0 Å². The zero-order chi connectivity index (χ0) is 14.3. The van der Waals surface area contributed by atoms with Gasteiger partial charge in [-0.3, -0.25) is 0 Å². The Morgan fingerprint density at radius 2 is 2.05 bits per heavy atom. The van der Waals surface area contributed by atoms with E-state index in [2.05, 4.69) is 19.2 Å². The zero-order valence-corrected chi connectivity index (χ0v) is 11.9. The van der Waals surface area contributed by atoms with Gasteiger partial charge in [-0.05, 0) is 44.6 Å². The number of halogens is 3. The van der Waals surface area contributed by atoms with Gasteiger partial charge in [0.15, 0.2) is 0 Å². The van der Waals surface area contributed by atoms with E-state index in [1.807, 2.05) is 0 Å². The molecule has 0 bridgehead atoms. The monoisotopic (exact) mass is 281 g/mol. The third-order valence-electron chi connectivity index (χ3n) is 3.65. The van der Waals surface area contributed by atoms with Gasteiger partial charge in [0, 0.05) is 6.04 Å². The molecule has 1 saturated carbocycles. The molecule has 1 rings (SSSR count). The molecule has 3 unspecified atom stereocenters. The predicted molar refractivity (Wildman–Crippen MR) is 70.1 cm³/mol. The summed E-state index contributed by atoms with van der Waals surface area (Å²) in [6, 6.07) is 0.311. The van der Waals surface area contributed by atoms with E-state index in [1.54, 1.807) is 0 Å². The summed E-state index contributed by atoms with van der Waals surface area (Å²) in [6.07, 6.45) is 1.35. The van der Waals surface area contributed by atoms with Gasteiger partial charge in [-0.15, -0.1) is 0 Å². The lowest BCUT2D eigenvalue weighted by Gasteiger charge is -2.31. The van der Waals surface area contributed by atoms with Crippen LogP contribution in [0.1, 0.15) is 52.4 Å². The summed E-state index contributed by atoms with van der Waals surface area (Å²) < 4.78 is 41.3. The van der Waals surface area contributed by atoms with Crippen molar-refractivity contribution < 1.29 is 17.9 Å². The fraction of sp³-hybridized carbons (Fsp3) is 1.00. The van der Waals surface area contributed by atoms with E-state index in [1.165, 1.54) is 12.8 Å². The molecule has 1 aliphatic carbocycles. The molecule has 0 amide bonds. The second-order valence-corrected chi connectivity index (χ2v) is 5.71. The molecule has 0 heterocycles. The summed E-state index contributed by atoms with van der Waals surface area (Å²) in [7, 11) is 0. The lowest BCUT2D eigenvalue weighted by molar-refractivity contribution is -0.188. The van der Waals surface area contributed by atoms with Crippen molar-refractivity contribution in [1.29, 1.82) is 0 Å². The highest BCUT2D eigenvalue weighted by Crippen LogP contribution is 2.24. The first-order valence-corrected chi connectivity index (χ1v) is 7.32. The van der Waals surface area contributed by atoms with Crippen LogP contribution in [0, 0.1) is 5.92 Å². The van der Waals surface area contributed by atoms with Crippen molar-refractivity contribution in [3.8, 4) is 0 Å². The van der Waals surface area contributed by atoms with Crippen LogP contribution in [-0.2, 0) is 4.74 Å². The number of rotatable bonds is 7. The maximum Gasteiger partial charge on any atom is 0.411 e. The van der Waals surface area contributed by atoms with Crippen molar-refractivity contribution in [1.82, 2.24) is 5.32 Å². The predicted octanol–water partition coefficient (Wildman–Crippen LogP) is 3.90. The fourth-order valence-electron chi connectivity index (χ4n) is 2.66.